The minimum absolute atomic E-state index is 0.0594. The van der Waals surface area contributed by atoms with Crippen molar-refractivity contribution in [2.75, 3.05) is 38.0 Å². The predicted octanol–water partition coefficient (Wildman–Crippen LogP) is -0.0509. The lowest BCUT2D eigenvalue weighted by Gasteiger charge is -2.31. The Morgan fingerprint density at radius 2 is 1.83 bits per heavy atom. The zero-order chi connectivity index (χ0) is 30.9. The Labute approximate surface area is 242 Å². The van der Waals surface area contributed by atoms with Crippen molar-refractivity contribution in [1.29, 1.82) is 0 Å². The number of urea groups is 1. The Morgan fingerprint density at radius 3 is 2.48 bits per heavy atom. The highest BCUT2D eigenvalue weighted by atomic mass is 32.2. The van der Waals surface area contributed by atoms with Crippen molar-refractivity contribution in [3.8, 4) is 11.5 Å². The van der Waals surface area contributed by atoms with E-state index in [1.54, 1.807) is 31.2 Å². The van der Waals surface area contributed by atoms with Gasteiger partial charge in [0.05, 0.1) is 11.3 Å². The van der Waals surface area contributed by atoms with E-state index >= 15 is 0 Å². The third-order valence-electron chi connectivity index (χ3n) is 5.94. The molecule has 2 heterocycles. The zero-order valence-electron chi connectivity index (χ0n) is 22.7. The molecule has 2 amide bonds. The molecule has 0 bridgehead atoms. The number of hydrogen-bond donors (Lipinski definition) is 4. The number of hydrogen-bond acceptors (Lipinski definition) is 13. The number of nitrogens with two attached hydrogens (primary N) is 1. The van der Waals surface area contributed by atoms with Crippen LogP contribution in [0.2, 0.25) is 0 Å². The van der Waals surface area contributed by atoms with Crippen LogP contribution in [0.3, 0.4) is 0 Å². The summed E-state index contributed by atoms with van der Waals surface area (Å²) in [6.45, 7) is 4.76. The maximum atomic E-state index is 12.5. The fourth-order valence-corrected chi connectivity index (χ4v) is 4.91. The van der Waals surface area contributed by atoms with E-state index in [1.807, 2.05) is 4.90 Å². The van der Waals surface area contributed by atoms with Gasteiger partial charge < -0.3 is 28.4 Å². The molecule has 17 nitrogen and oxygen atoms in total. The Balaban J connectivity index is 1.36. The average molecular weight is 630 g/mol. The number of carbonyl (C=O) groups is 3. The van der Waals surface area contributed by atoms with Crippen LogP contribution in [0.5, 0.6) is 0 Å². The highest BCUT2D eigenvalue weighted by Crippen LogP contribution is 2.26. The van der Waals surface area contributed by atoms with Gasteiger partial charge in [-0.15, -0.1) is 0 Å². The van der Waals surface area contributed by atoms with E-state index in [2.05, 4.69) is 39.0 Å². The number of benzene rings is 1. The highest BCUT2D eigenvalue weighted by molar-refractivity contribution is 7.85. The molecular weight excluding hydrogens is 598 g/mol. The molecule has 1 aliphatic rings. The van der Waals surface area contributed by atoms with E-state index in [4.69, 9.17) is 4.52 Å². The number of carbonyl (C=O) groups excluding carboxylic acids is 3. The van der Waals surface area contributed by atoms with Crippen molar-refractivity contribution in [2.24, 2.45) is 11.1 Å². The number of anilines is 1. The van der Waals surface area contributed by atoms with Gasteiger partial charge >= 0.3 is 38.6 Å². The minimum atomic E-state index is -4.59. The van der Waals surface area contributed by atoms with Gasteiger partial charge in [-0.25, -0.2) is 14.4 Å². The first-order valence-electron chi connectivity index (χ1n) is 12.6. The smallest absolute Gasteiger partial charge is 0.338 e. The van der Waals surface area contributed by atoms with E-state index < -0.39 is 38.1 Å². The fraction of sp³-hybridized carbons (Fsp3) is 0.435. The molecule has 1 saturated heterocycles. The number of para-hydroxylation sites is 1. The number of aryl methyl sites for hydroxylation is 1. The molecule has 0 aliphatic carbocycles. The summed E-state index contributed by atoms with van der Waals surface area (Å²) in [4.78, 5) is 42.0. The van der Waals surface area contributed by atoms with Gasteiger partial charge in [-0.3, -0.25) is 0 Å². The summed E-state index contributed by atoms with van der Waals surface area (Å²) in [5.41, 5.74) is 0.602. The molecule has 19 heteroatoms. The number of nitrogens with zero attached hydrogens (tertiary/aromatic N) is 3. The van der Waals surface area contributed by atoms with E-state index in [0.29, 0.717) is 55.2 Å². The number of amides is 2. The van der Waals surface area contributed by atoms with Crippen LogP contribution in [-0.4, -0.2) is 82.6 Å². The van der Waals surface area contributed by atoms with Gasteiger partial charge in [-0.2, -0.15) is 31.7 Å². The molecule has 0 unspecified atom stereocenters. The molecule has 5 N–H and O–H groups in total. The average Bonchev–Trinajstić information content (AvgIpc) is 3.33. The van der Waals surface area contributed by atoms with E-state index in [1.165, 1.54) is 0 Å². The fourth-order valence-electron chi connectivity index (χ4n) is 3.90. The Bertz CT molecular complexity index is 1530. The van der Waals surface area contributed by atoms with Gasteiger partial charge in [0, 0.05) is 31.3 Å². The van der Waals surface area contributed by atoms with Gasteiger partial charge in [-0.1, -0.05) is 17.3 Å². The molecular formula is C23H31N7O10S2. The van der Waals surface area contributed by atoms with Crippen LogP contribution in [0.15, 0.2) is 40.4 Å². The maximum Gasteiger partial charge on any atom is 0.385 e. The first-order valence-corrected chi connectivity index (χ1v) is 15.4. The van der Waals surface area contributed by atoms with E-state index in [9.17, 15) is 31.2 Å². The topological polar surface area (TPSA) is 242 Å². The predicted molar refractivity (Wildman–Crippen MR) is 147 cm³/mol. The molecule has 42 heavy (non-hydrogen) atoms. The molecule has 2 aromatic rings. The third kappa shape index (κ3) is 10.8. The first-order chi connectivity index (χ1) is 19.7. The van der Waals surface area contributed by atoms with Crippen LogP contribution >= 0.6 is 0 Å². The molecule has 1 aromatic carbocycles. The number of piperidine rings is 1. The molecule has 0 spiro atoms. The minimum Gasteiger partial charge on any atom is -0.338 e. The summed E-state index contributed by atoms with van der Waals surface area (Å²) in [6.07, 6.45) is 1.96. The lowest BCUT2D eigenvalue weighted by atomic mass is 9.97. The Hall–Kier alpha value is -3.91. The van der Waals surface area contributed by atoms with Crippen molar-refractivity contribution >= 4 is 44.3 Å². The monoisotopic (exact) mass is 629 g/mol. The summed E-state index contributed by atoms with van der Waals surface area (Å²) in [5, 5.41) is 14.0. The molecule has 1 fully saturated rings. The number of likely N-dealkylation sites (tertiary alicyclic amines) is 1. The van der Waals surface area contributed by atoms with E-state index in [-0.39, 0.29) is 18.5 Å². The largest absolute Gasteiger partial charge is 0.385 e. The second-order valence-corrected chi connectivity index (χ2v) is 11.8. The molecule has 0 radical (unpaired) electrons. The van der Waals surface area contributed by atoms with Gasteiger partial charge in [0.2, 0.25) is 0 Å². The van der Waals surface area contributed by atoms with Gasteiger partial charge in [0.15, 0.2) is 5.82 Å². The molecule has 230 valence electrons. The lowest BCUT2D eigenvalue weighted by Crippen LogP contribution is -2.42. The first kappa shape index (κ1) is 32.6. The molecule has 1 aliphatic heterocycles. The van der Waals surface area contributed by atoms with Crippen molar-refractivity contribution in [2.45, 2.75) is 26.7 Å². The molecule has 3 rings (SSSR count). The second-order valence-electron chi connectivity index (χ2n) is 9.25. The SMILES string of the molecule is C/C(=C/C(=O)OS(N)(=O)=O)C(=O)OS(=O)(=O)NCCN1CCC(CNC(=O)Nc2ccccc2-c2nc(C)no2)CC1. The summed E-state index contributed by atoms with van der Waals surface area (Å²) >= 11 is 0. The normalized spacial score (nSPS) is 15.2. The number of rotatable bonds is 12. The number of aromatic nitrogens is 2. The van der Waals surface area contributed by atoms with Gasteiger partial charge in [0.1, 0.15) is 0 Å². The second kappa shape index (κ2) is 14.3. The van der Waals surface area contributed by atoms with Crippen molar-refractivity contribution in [3.63, 3.8) is 0 Å². The van der Waals surface area contributed by atoms with Crippen molar-refractivity contribution in [3.05, 3.63) is 41.7 Å². The van der Waals surface area contributed by atoms with Crippen molar-refractivity contribution in [1.82, 2.24) is 25.1 Å². The zero-order valence-corrected chi connectivity index (χ0v) is 24.4. The summed E-state index contributed by atoms with van der Waals surface area (Å²) < 4.78 is 61.0. The Morgan fingerprint density at radius 1 is 1.14 bits per heavy atom. The summed E-state index contributed by atoms with van der Waals surface area (Å²) in [6, 6.07) is 6.69. The quantitative estimate of drug-likeness (QED) is 0.225. The highest BCUT2D eigenvalue weighted by Gasteiger charge is 2.23. The third-order valence-corrected chi connectivity index (χ3v) is 7.26. The van der Waals surface area contributed by atoms with Crippen LogP contribution in [-0.2, 0) is 38.6 Å². The number of nitrogens with one attached hydrogen (secondary N) is 3. The maximum absolute atomic E-state index is 12.5. The van der Waals surface area contributed by atoms with E-state index in [0.717, 1.165) is 19.8 Å². The van der Waals surface area contributed by atoms with Crippen LogP contribution in [0.4, 0.5) is 10.5 Å². The van der Waals surface area contributed by atoms with Crippen LogP contribution in [0.1, 0.15) is 25.6 Å². The van der Waals surface area contributed by atoms with Crippen molar-refractivity contribution < 1.29 is 44.1 Å². The van der Waals surface area contributed by atoms with Gasteiger partial charge in [0.25, 0.3) is 5.89 Å². The molecule has 0 atom stereocenters. The molecule has 0 saturated carbocycles. The lowest BCUT2D eigenvalue weighted by molar-refractivity contribution is -0.132. The van der Waals surface area contributed by atoms with Crippen LogP contribution in [0.25, 0.3) is 11.5 Å². The molecule has 1 aromatic heterocycles. The standard InChI is InChI=1S/C23H31N7O10S2/c1-15(13-20(31)39-41(24,34)35)22(32)40-42(36,37)26-9-12-30-10-7-17(8-11-30)14-25-23(33)28-19-6-4-3-5-18(19)21-27-16(2)29-38-21/h3-6,13,17,26H,7-12,14H2,1-2H3,(H2,24,34,35)(H2,25,28,33)/b15-13-. The summed E-state index contributed by atoms with van der Waals surface area (Å²) in [7, 11) is -9.10. The van der Waals surface area contributed by atoms with Crippen LogP contribution < -0.4 is 20.5 Å². The van der Waals surface area contributed by atoms with Gasteiger partial charge in [-0.05, 0) is 57.8 Å². The summed E-state index contributed by atoms with van der Waals surface area (Å²) in [5.74, 6) is -1.90. The van der Waals surface area contributed by atoms with Crippen LogP contribution in [0, 0.1) is 12.8 Å². The Kier molecular flexibility index (Phi) is 11.1.